The number of carbonyl (C=O) groups is 2. The third-order valence-corrected chi connectivity index (χ3v) is 8.13. The van der Waals surface area contributed by atoms with Crippen molar-refractivity contribution < 1.29 is 9.59 Å². The zero-order valence-electron chi connectivity index (χ0n) is 18.6. The van der Waals surface area contributed by atoms with Crippen LogP contribution in [-0.2, 0) is 9.59 Å². The van der Waals surface area contributed by atoms with Crippen LogP contribution in [0.5, 0.6) is 0 Å². The van der Waals surface area contributed by atoms with E-state index in [1.807, 2.05) is 12.4 Å². The average Bonchev–Trinajstić information content (AvgIpc) is 3.49. The largest absolute Gasteiger partial charge is 0.272 e. The summed E-state index contributed by atoms with van der Waals surface area (Å²) in [5.74, 6) is 3.18. The van der Waals surface area contributed by atoms with E-state index in [0.29, 0.717) is 24.2 Å². The van der Waals surface area contributed by atoms with E-state index in [1.165, 1.54) is 51.4 Å². The van der Waals surface area contributed by atoms with Crippen LogP contribution < -0.4 is 10.9 Å². The fourth-order valence-corrected chi connectivity index (χ4v) is 6.38. The van der Waals surface area contributed by atoms with Crippen LogP contribution >= 0.6 is 0 Å². The summed E-state index contributed by atoms with van der Waals surface area (Å²) in [5.41, 5.74) is 5.29. The van der Waals surface area contributed by atoms with Crippen LogP contribution in [0.3, 0.4) is 0 Å². The highest BCUT2D eigenvalue weighted by Crippen LogP contribution is 2.48. The molecule has 0 aromatic carbocycles. The number of nitrogens with one attached hydrogen (secondary N) is 2. The minimum atomic E-state index is -0.748. The zero-order chi connectivity index (χ0) is 21.1. The maximum atomic E-state index is 12.7. The molecule has 4 aliphatic rings. The van der Waals surface area contributed by atoms with Crippen molar-refractivity contribution in [2.75, 3.05) is 0 Å². The van der Waals surface area contributed by atoms with Gasteiger partial charge in [-0.25, -0.2) is 10.9 Å². The second-order valence-electron chi connectivity index (χ2n) is 10.7. The van der Waals surface area contributed by atoms with E-state index < -0.39 is 5.92 Å². The number of fused-ring (bicyclic) bond motifs is 4. The van der Waals surface area contributed by atoms with Gasteiger partial charge in [0.15, 0.2) is 0 Å². The molecule has 4 aliphatic carbocycles. The van der Waals surface area contributed by atoms with Gasteiger partial charge in [0.05, 0.1) is 0 Å². The van der Waals surface area contributed by atoms with E-state index in [0.717, 1.165) is 30.1 Å². The van der Waals surface area contributed by atoms with Gasteiger partial charge in [-0.1, -0.05) is 26.7 Å². The molecular weight excluding hydrogens is 376 g/mol. The molecule has 6 nitrogen and oxygen atoms in total. The van der Waals surface area contributed by atoms with Crippen LogP contribution in [0.15, 0.2) is 10.2 Å². The number of hydrogen-bond acceptors (Lipinski definition) is 4. The SMILES string of the molecule is CC(C)CCC(C(=O)N/N=C\[C@H]1C[C@H]2CC[C@H]1C2)C(=O)N/N=C\[C@H]1C[C@H]2CC[C@H]1C2. The van der Waals surface area contributed by atoms with E-state index in [2.05, 4.69) is 34.9 Å². The summed E-state index contributed by atoms with van der Waals surface area (Å²) < 4.78 is 0. The lowest BCUT2D eigenvalue weighted by atomic mass is 9.90. The summed E-state index contributed by atoms with van der Waals surface area (Å²) in [5, 5.41) is 8.46. The minimum absolute atomic E-state index is 0.317. The van der Waals surface area contributed by atoms with E-state index in [9.17, 15) is 9.59 Å². The molecule has 0 radical (unpaired) electrons. The molecule has 0 heterocycles. The molecule has 6 atom stereocenters. The minimum Gasteiger partial charge on any atom is -0.272 e. The van der Waals surface area contributed by atoms with Crippen LogP contribution in [0.1, 0.15) is 78.1 Å². The smallest absolute Gasteiger partial charge is 0.252 e. The van der Waals surface area contributed by atoms with E-state index in [4.69, 9.17) is 0 Å². The number of nitrogens with zero attached hydrogens (tertiary/aromatic N) is 2. The predicted molar refractivity (Wildman–Crippen MR) is 119 cm³/mol. The maximum absolute atomic E-state index is 12.7. The summed E-state index contributed by atoms with van der Waals surface area (Å²) in [6, 6.07) is 0. The van der Waals surface area contributed by atoms with Crippen molar-refractivity contribution >= 4 is 24.2 Å². The molecule has 4 rings (SSSR count). The number of rotatable bonds is 9. The molecule has 6 heteroatoms. The first kappa shape index (κ1) is 21.5. The topological polar surface area (TPSA) is 82.9 Å². The van der Waals surface area contributed by atoms with Gasteiger partial charge in [-0.2, -0.15) is 10.2 Å². The molecule has 0 aromatic heterocycles. The normalized spacial score (nSPS) is 34.8. The Hall–Kier alpha value is -1.72. The Labute approximate surface area is 180 Å². The van der Waals surface area contributed by atoms with Crippen molar-refractivity contribution in [2.24, 2.45) is 57.5 Å². The Morgan fingerprint density at radius 3 is 1.67 bits per heavy atom. The van der Waals surface area contributed by atoms with Crippen molar-refractivity contribution in [2.45, 2.75) is 78.1 Å². The molecule has 0 saturated heterocycles. The van der Waals surface area contributed by atoms with Crippen LogP contribution in [-0.4, -0.2) is 24.2 Å². The molecule has 4 saturated carbocycles. The Bertz CT molecular complexity index is 637. The van der Waals surface area contributed by atoms with Crippen LogP contribution in [0.2, 0.25) is 0 Å². The first-order valence-electron chi connectivity index (χ1n) is 12.2. The molecule has 0 spiro atoms. The van der Waals surface area contributed by atoms with Crippen molar-refractivity contribution in [1.82, 2.24) is 10.9 Å². The van der Waals surface area contributed by atoms with Gasteiger partial charge >= 0.3 is 0 Å². The Balaban J connectivity index is 1.28. The molecule has 166 valence electrons. The molecule has 0 aliphatic heterocycles. The molecule has 4 bridgehead atoms. The van der Waals surface area contributed by atoms with Gasteiger partial charge in [0.1, 0.15) is 5.92 Å². The molecule has 2 N–H and O–H groups in total. The third-order valence-electron chi connectivity index (χ3n) is 8.13. The highest BCUT2D eigenvalue weighted by molar-refractivity contribution is 6.00. The molecule has 0 aromatic rings. The summed E-state index contributed by atoms with van der Waals surface area (Å²) in [6.45, 7) is 4.21. The molecule has 0 unspecified atom stereocenters. The van der Waals surface area contributed by atoms with Crippen molar-refractivity contribution in [1.29, 1.82) is 0 Å². The van der Waals surface area contributed by atoms with Crippen molar-refractivity contribution in [3.8, 4) is 0 Å². The average molecular weight is 415 g/mol. The van der Waals surface area contributed by atoms with Crippen molar-refractivity contribution in [3.05, 3.63) is 0 Å². The van der Waals surface area contributed by atoms with Gasteiger partial charge in [-0.15, -0.1) is 0 Å². The zero-order valence-corrected chi connectivity index (χ0v) is 18.6. The molecule has 4 fully saturated rings. The third kappa shape index (κ3) is 5.12. The van der Waals surface area contributed by atoms with Crippen LogP contribution in [0.4, 0.5) is 0 Å². The lowest BCUT2D eigenvalue weighted by Crippen LogP contribution is -2.38. The van der Waals surface area contributed by atoms with Gasteiger partial charge in [0, 0.05) is 12.4 Å². The number of carbonyl (C=O) groups excluding carboxylic acids is 2. The highest BCUT2D eigenvalue weighted by atomic mass is 16.2. The molecule has 2 amide bonds. The summed E-state index contributed by atoms with van der Waals surface area (Å²) in [4.78, 5) is 25.4. The summed E-state index contributed by atoms with van der Waals surface area (Å²) in [6.07, 6.45) is 15.4. The number of amides is 2. The fraction of sp³-hybridized carbons (Fsp3) is 0.833. The monoisotopic (exact) mass is 414 g/mol. The van der Waals surface area contributed by atoms with E-state index in [-0.39, 0.29) is 11.8 Å². The number of hydrogen-bond donors (Lipinski definition) is 2. The summed E-state index contributed by atoms with van der Waals surface area (Å²) in [7, 11) is 0. The predicted octanol–water partition coefficient (Wildman–Crippen LogP) is 4.12. The quantitative estimate of drug-likeness (QED) is 0.338. The first-order valence-corrected chi connectivity index (χ1v) is 12.2. The van der Waals surface area contributed by atoms with Gasteiger partial charge in [-0.05, 0) is 92.8 Å². The Kier molecular flexibility index (Phi) is 6.89. The van der Waals surface area contributed by atoms with E-state index in [1.54, 1.807) is 0 Å². The van der Waals surface area contributed by atoms with Gasteiger partial charge < -0.3 is 0 Å². The standard InChI is InChI=1S/C24H38N4O2/c1-15(2)3-8-22(23(29)27-25-13-20-11-16-4-6-18(20)9-16)24(30)28-26-14-21-12-17-5-7-19(21)10-17/h13-22H,3-12H2,1-2H3,(H,27,29)(H,28,30)/b25-13-,26-14-/t16-,17-,18-,19-,20+,21+/m0/s1. The van der Waals surface area contributed by atoms with Crippen molar-refractivity contribution in [3.63, 3.8) is 0 Å². The van der Waals surface area contributed by atoms with Crippen LogP contribution in [0, 0.1) is 47.3 Å². The fourth-order valence-electron chi connectivity index (χ4n) is 6.38. The maximum Gasteiger partial charge on any atom is 0.252 e. The summed E-state index contributed by atoms with van der Waals surface area (Å²) >= 11 is 0. The Morgan fingerprint density at radius 1 is 0.800 bits per heavy atom. The molecule has 30 heavy (non-hydrogen) atoms. The Morgan fingerprint density at radius 2 is 1.30 bits per heavy atom. The lowest BCUT2D eigenvalue weighted by Gasteiger charge is -2.18. The van der Waals surface area contributed by atoms with Gasteiger partial charge in [-0.3, -0.25) is 9.59 Å². The highest BCUT2D eigenvalue weighted by Gasteiger charge is 2.39. The van der Waals surface area contributed by atoms with E-state index >= 15 is 0 Å². The molecular formula is C24H38N4O2. The lowest BCUT2D eigenvalue weighted by molar-refractivity contribution is -0.135. The first-order chi connectivity index (χ1) is 14.5. The van der Waals surface area contributed by atoms with Gasteiger partial charge in [0.25, 0.3) is 11.8 Å². The second-order valence-corrected chi connectivity index (χ2v) is 10.7. The second kappa shape index (κ2) is 9.61. The van der Waals surface area contributed by atoms with Crippen LogP contribution in [0.25, 0.3) is 0 Å². The number of hydrazone groups is 2. The van der Waals surface area contributed by atoms with Gasteiger partial charge in [0.2, 0.25) is 0 Å².